The molecule has 0 bridgehead atoms. The van der Waals surface area contributed by atoms with Crippen LogP contribution in [0.2, 0.25) is 0 Å². The van der Waals surface area contributed by atoms with Gasteiger partial charge >= 0.3 is 0 Å². The summed E-state index contributed by atoms with van der Waals surface area (Å²) >= 11 is 0. The molecule has 0 saturated heterocycles. The van der Waals surface area contributed by atoms with Gasteiger partial charge in [0.25, 0.3) is 0 Å². The van der Waals surface area contributed by atoms with Crippen LogP contribution in [0, 0.1) is 13.8 Å². The first-order valence-corrected chi connectivity index (χ1v) is 11.2. The highest BCUT2D eigenvalue weighted by Gasteiger charge is 2.16. The maximum Gasteiger partial charge on any atom is -0.00262 e. The lowest BCUT2D eigenvalue weighted by Crippen LogP contribution is -1.91. The summed E-state index contributed by atoms with van der Waals surface area (Å²) in [5, 5.41) is 7.76. The van der Waals surface area contributed by atoms with Crippen molar-refractivity contribution in [1.29, 1.82) is 0 Å². The normalized spacial score (nSPS) is 11.4. The van der Waals surface area contributed by atoms with Gasteiger partial charge in [-0.25, -0.2) is 0 Å². The van der Waals surface area contributed by atoms with E-state index in [1.807, 2.05) is 0 Å². The highest BCUT2D eigenvalue weighted by atomic mass is 14.2. The fourth-order valence-corrected chi connectivity index (χ4v) is 5.21. The van der Waals surface area contributed by atoms with E-state index in [4.69, 9.17) is 0 Å². The minimum atomic E-state index is 1.27. The largest absolute Gasteiger partial charge is 0.0616 e. The van der Waals surface area contributed by atoms with E-state index in [-0.39, 0.29) is 0 Å². The van der Waals surface area contributed by atoms with Crippen LogP contribution in [0.3, 0.4) is 0 Å². The second kappa shape index (κ2) is 7.35. The maximum atomic E-state index is 2.33. The molecule has 0 aliphatic carbocycles. The van der Waals surface area contributed by atoms with Crippen LogP contribution in [0.4, 0.5) is 0 Å². The molecule has 0 radical (unpaired) electrons. The molecule has 0 amide bonds. The van der Waals surface area contributed by atoms with Crippen LogP contribution in [0.15, 0.2) is 109 Å². The van der Waals surface area contributed by atoms with E-state index in [1.165, 1.54) is 65.7 Å². The highest BCUT2D eigenvalue weighted by molar-refractivity contribution is 6.21. The molecule has 0 unspecified atom stereocenters. The molecule has 0 nitrogen and oxygen atoms in total. The number of fused-ring (bicyclic) bond motifs is 3. The van der Waals surface area contributed by atoms with Gasteiger partial charge < -0.3 is 0 Å². The van der Waals surface area contributed by atoms with E-state index in [0.717, 1.165) is 0 Å². The molecule has 6 aromatic rings. The summed E-state index contributed by atoms with van der Waals surface area (Å²) in [5.74, 6) is 0. The van der Waals surface area contributed by atoms with Crippen molar-refractivity contribution in [1.82, 2.24) is 0 Å². The van der Waals surface area contributed by atoms with E-state index in [1.54, 1.807) is 0 Å². The van der Waals surface area contributed by atoms with Gasteiger partial charge in [0.05, 0.1) is 0 Å². The molecule has 0 aliphatic rings. The summed E-state index contributed by atoms with van der Waals surface area (Å²) in [4.78, 5) is 0. The summed E-state index contributed by atoms with van der Waals surface area (Å²) in [7, 11) is 0. The number of aryl methyl sites for hydroxylation is 2. The van der Waals surface area contributed by atoms with Crippen molar-refractivity contribution in [3.63, 3.8) is 0 Å². The Kier molecular flexibility index (Phi) is 4.33. The van der Waals surface area contributed by atoms with Gasteiger partial charge in [-0.05, 0) is 74.5 Å². The Balaban J connectivity index is 1.78. The number of hydrogen-bond donors (Lipinski definition) is 0. The van der Waals surface area contributed by atoms with Crippen molar-refractivity contribution in [3.8, 4) is 22.3 Å². The highest BCUT2D eigenvalue weighted by Crippen LogP contribution is 2.44. The smallest absolute Gasteiger partial charge is 0.00262 e. The topological polar surface area (TPSA) is 0 Å². The SMILES string of the molecule is Cc1cc(C)cc(-c2c3ccccc3c(-c3ccc4ccccc4c3)c3ccccc23)c1. The van der Waals surface area contributed by atoms with Crippen molar-refractivity contribution >= 4 is 32.3 Å². The first kappa shape index (κ1) is 18.8. The van der Waals surface area contributed by atoms with Gasteiger partial charge in [0.15, 0.2) is 0 Å². The minimum Gasteiger partial charge on any atom is -0.0616 e. The molecule has 0 spiro atoms. The van der Waals surface area contributed by atoms with Gasteiger partial charge in [-0.1, -0.05) is 114 Å². The van der Waals surface area contributed by atoms with Gasteiger partial charge in [0, 0.05) is 0 Å². The molecule has 6 rings (SSSR count). The van der Waals surface area contributed by atoms with Crippen molar-refractivity contribution in [2.45, 2.75) is 13.8 Å². The lowest BCUT2D eigenvalue weighted by Gasteiger charge is -2.18. The summed E-state index contributed by atoms with van der Waals surface area (Å²) in [5.41, 5.74) is 7.80. The Morgan fingerprint density at radius 1 is 0.375 bits per heavy atom. The monoisotopic (exact) mass is 408 g/mol. The second-order valence-electron chi connectivity index (χ2n) is 8.78. The van der Waals surface area contributed by atoms with Crippen LogP contribution in [0.25, 0.3) is 54.6 Å². The minimum absolute atomic E-state index is 1.27. The molecule has 152 valence electrons. The third-order valence-electron chi connectivity index (χ3n) is 6.48. The van der Waals surface area contributed by atoms with E-state index in [2.05, 4.69) is 123 Å². The van der Waals surface area contributed by atoms with Gasteiger partial charge in [-0.3, -0.25) is 0 Å². The fourth-order valence-electron chi connectivity index (χ4n) is 5.21. The molecule has 0 heteroatoms. The van der Waals surface area contributed by atoms with Gasteiger partial charge in [-0.2, -0.15) is 0 Å². The third kappa shape index (κ3) is 2.99. The average Bonchev–Trinajstić information content (AvgIpc) is 2.81. The molecule has 0 N–H and O–H groups in total. The molecule has 0 aromatic heterocycles. The van der Waals surface area contributed by atoms with Crippen LogP contribution in [-0.4, -0.2) is 0 Å². The van der Waals surface area contributed by atoms with Gasteiger partial charge in [-0.15, -0.1) is 0 Å². The quantitative estimate of drug-likeness (QED) is 0.251. The van der Waals surface area contributed by atoms with Gasteiger partial charge in [0.1, 0.15) is 0 Å². The number of rotatable bonds is 2. The van der Waals surface area contributed by atoms with E-state index >= 15 is 0 Å². The van der Waals surface area contributed by atoms with Crippen molar-refractivity contribution in [3.05, 3.63) is 120 Å². The van der Waals surface area contributed by atoms with Crippen molar-refractivity contribution in [2.75, 3.05) is 0 Å². The van der Waals surface area contributed by atoms with E-state index in [0.29, 0.717) is 0 Å². The molecule has 0 fully saturated rings. The second-order valence-corrected chi connectivity index (χ2v) is 8.78. The molecular weight excluding hydrogens is 384 g/mol. The Hall–Kier alpha value is -3.90. The zero-order valence-electron chi connectivity index (χ0n) is 18.4. The lowest BCUT2D eigenvalue weighted by molar-refractivity contribution is 1.39. The Morgan fingerprint density at radius 3 is 1.41 bits per heavy atom. The fraction of sp³-hybridized carbons (Fsp3) is 0.0625. The molecule has 0 heterocycles. The maximum absolute atomic E-state index is 2.33. The predicted octanol–water partition coefficient (Wildman–Crippen LogP) is 9.10. The van der Waals surface area contributed by atoms with Crippen LogP contribution >= 0.6 is 0 Å². The summed E-state index contributed by atoms with van der Waals surface area (Å²) in [6, 6.07) is 40.1. The zero-order valence-corrected chi connectivity index (χ0v) is 18.4. The molecule has 0 atom stereocenters. The van der Waals surface area contributed by atoms with Crippen LogP contribution in [-0.2, 0) is 0 Å². The number of hydrogen-bond acceptors (Lipinski definition) is 0. The van der Waals surface area contributed by atoms with E-state index in [9.17, 15) is 0 Å². The molecule has 6 aromatic carbocycles. The van der Waals surface area contributed by atoms with Crippen LogP contribution < -0.4 is 0 Å². The lowest BCUT2D eigenvalue weighted by atomic mass is 9.85. The van der Waals surface area contributed by atoms with Crippen LogP contribution in [0.5, 0.6) is 0 Å². The molecular formula is C32H24. The average molecular weight is 409 g/mol. The molecule has 0 saturated carbocycles. The standard InChI is InChI=1S/C32H24/c1-21-17-22(2)19-26(18-21)32-29-13-7-5-11-27(29)31(28-12-6-8-14-30(28)32)25-16-15-23-9-3-4-10-24(23)20-25/h3-20H,1-2H3. The number of benzene rings is 6. The van der Waals surface area contributed by atoms with Gasteiger partial charge in [0.2, 0.25) is 0 Å². The molecule has 0 aliphatic heterocycles. The summed E-state index contributed by atoms with van der Waals surface area (Å²) in [6.45, 7) is 4.37. The van der Waals surface area contributed by atoms with E-state index < -0.39 is 0 Å². The predicted molar refractivity (Wildman–Crippen MR) is 139 cm³/mol. The summed E-state index contributed by atoms with van der Waals surface area (Å²) in [6.07, 6.45) is 0. The third-order valence-corrected chi connectivity index (χ3v) is 6.48. The van der Waals surface area contributed by atoms with Crippen molar-refractivity contribution in [2.24, 2.45) is 0 Å². The Morgan fingerprint density at radius 2 is 0.844 bits per heavy atom. The Bertz CT molecular complexity index is 1560. The first-order valence-electron chi connectivity index (χ1n) is 11.2. The van der Waals surface area contributed by atoms with Crippen molar-refractivity contribution < 1.29 is 0 Å². The Labute approximate surface area is 188 Å². The summed E-state index contributed by atoms with van der Waals surface area (Å²) < 4.78 is 0. The molecule has 32 heavy (non-hydrogen) atoms. The first-order chi connectivity index (χ1) is 15.7. The zero-order chi connectivity index (χ0) is 21.7. The van der Waals surface area contributed by atoms with Crippen LogP contribution in [0.1, 0.15) is 11.1 Å².